The van der Waals surface area contributed by atoms with Crippen LogP contribution in [-0.2, 0) is 4.74 Å². The van der Waals surface area contributed by atoms with E-state index in [9.17, 15) is 4.79 Å². The summed E-state index contributed by atoms with van der Waals surface area (Å²) in [5.74, 6) is 0.398. The minimum Gasteiger partial charge on any atom is -0.444 e. The van der Waals surface area contributed by atoms with E-state index in [1.807, 2.05) is 20.8 Å². The van der Waals surface area contributed by atoms with Crippen molar-refractivity contribution in [2.24, 2.45) is 11.7 Å². The Hall–Kier alpha value is -0.810. The average Bonchev–Trinajstić information content (AvgIpc) is 2.20. The Balaban J connectivity index is 2.19. The zero-order chi connectivity index (χ0) is 14.6. The van der Waals surface area contributed by atoms with Crippen LogP contribution in [0.3, 0.4) is 0 Å². The van der Waals surface area contributed by atoms with Crippen LogP contribution in [0, 0.1) is 5.92 Å². The Morgan fingerprint density at radius 3 is 2.53 bits per heavy atom. The van der Waals surface area contributed by atoms with Crippen molar-refractivity contribution in [1.82, 2.24) is 10.2 Å². The Morgan fingerprint density at radius 2 is 2.05 bits per heavy atom. The lowest BCUT2D eigenvalue weighted by Gasteiger charge is -2.34. The summed E-state index contributed by atoms with van der Waals surface area (Å²) in [5.41, 5.74) is 5.31. The third kappa shape index (κ3) is 6.25. The van der Waals surface area contributed by atoms with Gasteiger partial charge in [0, 0.05) is 25.7 Å². The lowest BCUT2D eigenvalue weighted by atomic mass is 9.87. The van der Waals surface area contributed by atoms with E-state index in [-0.39, 0.29) is 6.09 Å². The largest absolute Gasteiger partial charge is 0.444 e. The van der Waals surface area contributed by atoms with Gasteiger partial charge >= 0.3 is 6.09 Å². The Kier molecular flexibility index (Phi) is 5.62. The number of hydrogen-bond acceptors (Lipinski definition) is 4. The predicted molar refractivity (Wildman–Crippen MR) is 77.0 cm³/mol. The van der Waals surface area contributed by atoms with Crippen LogP contribution in [0.15, 0.2) is 0 Å². The number of amides is 1. The van der Waals surface area contributed by atoms with Crippen LogP contribution in [0.4, 0.5) is 4.79 Å². The summed E-state index contributed by atoms with van der Waals surface area (Å²) in [6.07, 6.45) is 1.87. The zero-order valence-corrected chi connectivity index (χ0v) is 12.9. The molecule has 0 heterocycles. The summed E-state index contributed by atoms with van der Waals surface area (Å²) in [5, 5.41) is 3.48. The van der Waals surface area contributed by atoms with E-state index in [0.29, 0.717) is 24.5 Å². The minimum atomic E-state index is -0.436. The summed E-state index contributed by atoms with van der Waals surface area (Å²) < 4.78 is 5.32. The van der Waals surface area contributed by atoms with Crippen LogP contribution in [0.2, 0.25) is 0 Å². The van der Waals surface area contributed by atoms with Gasteiger partial charge in [-0.2, -0.15) is 0 Å². The molecule has 19 heavy (non-hydrogen) atoms. The molecule has 5 heteroatoms. The van der Waals surface area contributed by atoms with E-state index in [1.54, 1.807) is 11.9 Å². The maximum Gasteiger partial charge on any atom is 0.410 e. The second-order valence-electron chi connectivity index (χ2n) is 6.80. The highest BCUT2D eigenvalue weighted by atomic mass is 16.6. The third-order valence-corrected chi connectivity index (χ3v) is 3.22. The van der Waals surface area contributed by atoms with Gasteiger partial charge in [0.15, 0.2) is 0 Å². The van der Waals surface area contributed by atoms with Gasteiger partial charge in [-0.3, -0.25) is 0 Å². The molecule has 1 unspecified atom stereocenters. The first-order valence-corrected chi connectivity index (χ1v) is 7.10. The standard InChI is InChI=1S/C14H29N3O2/c1-10(8-16-12-6-11(15)7-12)9-17(5)13(18)19-14(2,3)4/h10-12,16H,6-9,15H2,1-5H3. The molecule has 1 rings (SSSR count). The van der Waals surface area contributed by atoms with Gasteiger partial charge in [-0.25, -0.2) is 4.79 Å². The molecular formula is C14H29N3O2. The van der Waals surface area contributed by atoms with Crippen LogP contribution in [0.1, 0.15) is 40.5 Å². The van der Waals surface area contributed by atoms with Gasteiger partial charge in [0.2, 0.25) is 0 Å². The van der Waals surface area contributed by atoms with Crippen molar-refractivity contribution in [3.05, 3.63) is 0 Å². The maximum atomic E-state index is 11.8. The first-order chi connectivity index (χ1) is 8.67. The van der Waals surface area contributed by atoms with Gasteiger partial charge in [0.1, 0.15) is 5.60 Å². The topological polar surface area (TPSA) is 67.6 Å². The van der Waals surface area contributed by atoms with Crippen molar-refractivity contribution in [3.8, 4) is 0 Å². The van der Waals surface area contributed by atoms with Crippen molar-refractivity contribution in [3.63, 3.8) is 0 Å². The molecular weight excluding hydrogens is 242 g/mol. The van der Waals surface area contributed by atoms with Gasteiger partial charge in [0.25, 0.3) is 0 Å². The Morgan fingerprint density at radius 1 is 1.47 bits per heavy atom. The highest BCUT2D eigenvalue weighted by Crippen LogP contribution is 2.17. The molecule has 1 aliphatic carbocycles. The van der Waals surface area contributed by atoms with Crippen LogP contribution >= 0.6 is 0 Å². The molecule has 0 saturated heterocycles. The van der Waals surface area contributed by atoms with Gasteiger partial charge in [-0.15, -0.1) is 0 Å². The van der Waals surface area contributed by atoms with E-state index >= 15 is 0 Å². The van der Waals surface area contributed by atoms with Gasteiger partial charge in [0.05, 0.1) is 0 Å². The number of carbonyl (C=O) groups excluding carboxylic acids is 1. The average molecular weight is 271 g/mol. The molecule has 112 valence electrons. The van der Waals surface area contributed by atoms with Crippen LogP contribution in [0.25, 0.3) is 0 Å². The second-order valence-corrected chi connectivity index (χ2v) is 6.80. The molecule has 1 saturated carbocycles. The molecule has 3 N–H and O–H groups in total. The number of rotatable bonds is 5. The fraction of sp³-hybridized carbons (Fsp3) is 0.929. The van der Waals surface area contributed by atoms with E-state index < -0.39 is 5.60 Å². The van der Waals surface area contributed by atoms with Crippen molar-refractivity contribution < 1.29 is 9.53 Å². The number of nitrogens with one attached hydrogen (secondary N) is 1. The van der Waals surface area contributed by atoms with Crippen molar-refractivity contribution in [2.75, 3.05) is 20.1 Å². The number of nitrogens with two attached hydrogens (primary N) is 1. The zero-order valence-electron chi connectivity index (χ0n) is 12.9. The summed E-state index contributed by atoms with van der Waals surface area (Å²) in [4.78, 5) is 13.5. The molecule has 0 aromatic heterocycles. The van der Waals surface area contributed by atoms with Crippen LogP contribution in [0.5, 0.6) is 0 Å². The molecule has 1 aliphatic rings. The van der Waals surface area contributed by atoms with E-state index in [1.165, 1.54) is 0 Å². The Labute approximate surface area is 116 Å². The molecule has 1 amide bonds. The second kappa shape index (κ2) is 6.57. The number of nitrogens with zero attached hydrogens (tertiary/aromatic N) is 1. The molecule has 0 bridgehead atoms. The quantitative estimate of drug-likeness (QED) is 0.796. The smallest absolute Gasteiger partial charge is 0.410 e. The van der Waals surface area contributed by atoms with E-state index in [2.05, 4.69) is 12.2 Å². The summed E-state index contributed by atoms with van der Waals surface area (Å²) in [7, 11) is 1.78. The number of ether oxygens (including phenoxy) is 1. The normalized spacial score (nSPS) is 24.5. The monoisotopic (exact) mass is 271 g/mol. The van der Waals surface area contributed by atoms with Crippen LogP contribution in [-0.4, -0.2) is 48.8 Å². The van der Waals surface area contributed by atoms with E-state index in [0.717, 1.165) is 19.4 Å². The molecule has 1 atom stereocenters. The number of carbonyl (C=O) groups is 1. The maximum absolute atomic E-state index is 11.8. The SMILES string of the molecule is CC(CNC1CC(N)C1)CN(C)C(=O)OC(C)(C)C. The van der Waals surface area contributed by atoms with E-state index in [4.69, 9.17) is 10.5 Å². The van der Waals surface area contributed by atoms with Crippen LogP contribution < -0.4 is 11.1 Å². The summed E-state index contributed by atoms with van der Waals surface area (Å²) >= 11 is 0. The molecule has 0 aliphatic heterocycles. The fourth-order valence-corrected chi connectivity index (χ4v) is 2.14. The molecule has 0 aromatic carbocycles. The first kappa shape index (κ1) is 16.2. The van der Waals surface area contributed by atoms with Crippen molar-refractivity contribution in [1.29, 1.82) is 0 Å². The van der Waals surface area contributed by atoms with Crippen molar-refractivity contribution in [2.45, 2.75) is 58.2 Å². The summed E-state index contributed by atoms with van der Waals surface area (Å²) in [6.45, 7) is 9.37. The molecule has 0 aromatic rings. The number of hydrogen-bond donors (Lipinski definition) is 2. The molecule has 0 spiro atoms. The minimum absolute atomic E-state index is 0.259. The first-order valence-electron chi connectivity index (χ1n) is 7.10. The highest BCUT2D eigenvalue weighted by molar-refractivity contribution is 5.67. The molecule has 0 radical (unpaired) electrons. The fourth-order valence-electron chi connectivity index (χ4n) is 2.14. The molecule has 1 fully saturated rings. The third-order valence-electron chi connectivity index (χ3n) is 3.22. The van der Waals surface area contributed by atoms with Crippen molar-refractivity contribution >= 4 is 6.09 Å². The summed E-state index contributed by atoms with van der Waals surface area (Å²) in [6, 6.07) is 0.932. The highest BCUT2D eigenvalue weighted by Gasteiger charge is 2.26. The lowest BCUT2D eigenvalue weighted by Crippen LogP contribution is -2.50. The van der Waals surface area contributed by atoms with Gasteiger partial charge in [-0.05, 0) is 46.1 Å². The van der Waals surface area contributed by atoms with Gasteiger partial charge < -0.3 is 20.7 Å². The molecule has 5 nitrogen and oxygen atoms in total. The Bertz CT molecular complexity index is 296. The lowest BCUT2D eigenvalue weighted by molar-refractivity contribution is 0.0276. The predicted octanol–water partition coefficient (Wildman–Crippen LogP) is 1.57. The van der Waals surface area contributed by atoms with Gasteiger partial charge in [-0.1, -0.05) is 6.92 Å².